The van der Waals surface area contributed by atoms with E-state index >= 15 is 0 Å². The highest BCUT2D eigenvalue weighted by Crippen LogP contribution is 2.44. The number of aromatic nitrogens is 2. The van der Waals surface area contributed by atoms with E-state index in [1.165, 1.54) is 0 Å². The molecule has 2 aliphatic rings. The van der Waals surface area contributed by atoms with Crippen LogP contribution < -0.4 is 4.74 Å². The van der Waals surface area contributed by atoms with E-state index in [0.717, 1.165) is 34.4 Å². The predicted molar refractivity (Wildman–Crippen MR) is 97.5 cm³/mol. The molecule has 0 radical (unpaired) electrons. The molecular weight excluding hydrogens is 330 g/mol. The predicted octanol–water partition coefficient (Wildman–Crippen LogP) is 2.68. The van der Waals surface area contributed by atoms with Gasteiger partial charge in [0, 0.05) is 37.5 Å². The molecule has 2 aromatic rings. The highest BCUT2D eigenvalue weighted by atomic mass is 16.5. The fraction of sp³-hybridized carbons (Fsp3) is 0.500. The van der Waals surface area contributed by atoms with Crippen LogP contribution in [0.4, 0.5) is 0 Å². The van der Waals surface area contributed by atoms with Crippen molar-refractivity contribution in [1.29, 1.82) is 0 Å². The fourth-order valence-corrected chi connectivity index (χ4v) is 4.02. The molecule has 1 amide bonds. The van der Waals surface area contributed by atoms with Crippen LogP contribution in [0.2, 0.25) is 0 Å². The number of nitrogens with zero attached hydrogens (tertiary/aromatic N) is 3. The van der Waals surface area contributed by atoms with Gasteiger partial charge in [-0.05, 0) is 56.9 Å². The molecule has 138 valence electrons. The summed E-state index contributed by atoms with van der Waals surface area (Å²) in [4.78, 5) is 15.0. The Morgan fingerprint density at radius 3 is 2.65 bits per heavy atom. The van der Waals surface area contributed by atoms with Crippen LogP contribution in [-0.2, 0) is 11.2 Å². The number of benzene rings is 1. The maximum Gasteiger partial charge on any atom is 0.266 e. The molecule has 1 saturated heterocycles. The number of rotatable bonds is 2. The molecule has 2 aliphatic heterocycles. The van der Waals surface area contributed by atoms with Crippen molar-refractivity contribution >= 4 is 5.91 Å². The Hall–Kier alpha value is -2.50. The van der Waals surface area contributed by atoms with Crippen molar-refractivity contribution in [2.24, 2.45) is 0 Å². The average molecular weight is 355 g/mol. The summed E-state index contributed by atoms with van der Waals surface area (Å²) in [5.41, 5.74) is 2.76. The number of aromatic hydroxyl groups is 1. The van der Waals surface area contributed by atoms with E-state index in [-0.39, 0.29) is 11.9 Å². The van der Waals surface area contributed by atoms with E-state index in [2.05, 4.69) is 5.10 Å². The molecule has 6 nitrogen and oxygen atoms in total. The third kappa shape index (κ3) is 2.39. The van der Waals surface area contributed by atoms with E-state index in [4.69, 9.17) is 4.74 Å². The zero-order valence-electron chi connectivity index (χ0n) is 15.7. The van der Waals surface area contributed by atoms with Crippen LogP contribution in [0.1, 0.15) is 41.6 Å². The van der Waals surface area contributed by atoms with E-state index < -0.39 is 5.60 Å². The molecule has 1 atom stereocenters. The van der Waals surface area contributed by atoms with Gasteiger partial charge in [-0.25, -0.2) is 0 Å². The summed E-state index contributed by atoms with van der Waals surface area (Å²) in [6.45, 7) is 8.97. The molecule has 1 aromatic carbocycles. The largest absolute Gasteiger partial charge is 0.507 e. The monoisotopic (exact) mass is 355 g/mol. The smallest absolute Gasteiger partial charge is 0.266 e. The van der Waals surface area contributed by atoms with Crippen molar-refractivity contribution in [2.45, 2.75) is 52.2 Å². The molecular formula is C20H25N3O3. The van der Waals surface area contributed by atoms with Crippen LogP contribution in [0.25, 0.3) is 0 Å². The van der Waals surface area contributed by atoms with Crippen molar-refractivity contribution < 1.29 is 14.6 Å². The number of carbonyl (C=O) groups is 1. The van der Waals surface area contributed by atoms with Crippen LogP contribution in [0.5, 0.6) is 11.5 Å². The summed E-state index contributed by atoms with van der Waals surface area (Å²) in [6.07, 6.45) is 5.04. The number of amides is 1. The van der Waals surface area contributed by atoms with Crippen LogP contribution in [-0.4, -0.2) is 44.4 Å². The fourth-order valence-electron chi connectivity index (χ4n) is 4.02. The molecule has 0 aliphatic carbocycles. The maximum atomic E-state index is 13.1. The average Bonchev–Trinajstić information content (AvgIpc) is 3.10. The summed E-state index contributed by atoms with van der Waals surface area (Å²) < 4.78 is 8.19. The van der Waals surface area contributed by atoms with Gasteiger partial charge in [-0.3, -0.25) is 9.48 Å². The number of hydrogen-bond acceptors (Lipinski definition) is 4. The van der Waals surface area contributed by atoms with Crippen molar-refractivity contribution in [3.05, 3.63) is 40.7 Å². The second-order valence-electron chi connectivity index (χ2n) is 7.71. The van der Waals surface area contributed by atoms with Crippen molar-refractivity contribution in [1.82, 2.24) is 14.7 Å². The van der Waals surface area contributed by atoms with Gasteiger partial charge in [-0.2, -0.15) is 5.10 Å². The number of fused-ring (bicyclic) bond motifs is 1. The first kappa shape index (κ1) is 16.9. The minimum atomic E-state index is -0.858. The molecule has 1 fully saturated rings. The molecule has 6 heteroatoms. The third-order valence-corrected chi connectivity index (χ3v) is 6.02. The first-order chi connectivity index (χ1) is 12.3. The van der Waals surface area contributed by atoms with Crippen molar-refractivity contribution in [3.8, 4) is 11.5 Å². The van der Waals surface area contributed by atoms with Crippen LogP contribution >= 0.6 is 0 Å². The summed E-state index contributed by atoms with van der Waals surface area (Å²) in [7, 11) is 0. The summed E-state index contributed by atoms with van der Waals surface area (Å²) in [6, 6.07) is 2.15. The van der Waals surface area contributed by atoms with Crippen LogP contribution in [0.3, 0.4) is 0 Å². The van der Waals surface area contributed by atoms with E-state index in [1.807, 2.05) is 49.5 Å². The Bertz CT molecular complexity index is 869. The SMILES string of the molecule is Cc1c(C)c2c(c(C)c1O)CCC(C)(C(=O)N1CC(n3cccn3)C1)O2. The number of phenols is 1. The number of phenolic OH excluding ortho intramolecular Hbond substituents is 1. The van der Waals surface area contributed by atoms with E-state index in [9.17, 15) is 9.90 Å². The zero-order chi connectivity index (χ0) is 18.6. The lowest BCUT2D eigenvalue weighted by Crippen LogP contribution is -2.60. The molecule has 0 saturated carbocycles. The second-order valence-corrected chi connectivity index (χ2v) is 7.71. The Kier molecular flexibility index (Phi) is 3.75. The van der Waals surface area contributed by atoms with Crippen molar-refractivity contribution in [2.75, 3.05) is 13.1 Å². The zero-order valence-corrected chi connectivity index (χ0v) is 15.7. The quantitative estimate of drug-likeness (QED) is 0.899. The van der Waals surface area contributed by atoms with Gasteiger partial charge in [0.05, 0.1) is 6.04 Å². The molecule has 3 heterocycles. The lowest BCUT2D eigenvalue weighted by Gasteiger charge is -2.45. The Balaban J connectivity index is 1.55. The van der Waals surface area contributed by atoms with E-state index in [0.29, 0.717) is 25.3 Å². The van der Waals surface area contributed by atoms with Gasteiger partial charge >= 0.3 is 0 Å². The molecule has 1 aromatic heterocycles. The van der Waals surface area contributed by atoms with Gasteiger partial charge in [0.25, 0.3) is 5.91 Å². The Morgan fingerprint density at radius 1 is 1.27 bits per heavy atom. The topological polar surface area (TPSA) is 67.6 Å². The number of hydrogen-bond donors (Lipinski definition) is 1. The molecule has 1 N–H and O–H groups in total. The minimum Gasteiger partial charge on any atom is -0.507 e. The second kappa shape index (κ2) is 5.76. The van der Waals surface area contributed by atoms with Gasteiger partial charge in [-0.15, -0.1) is 0 Å². The molecule has 0 spiro atoms. The van der Waals surface area contributed by atoms with Crippen molar-refractivity contribution in [3.63, 3.8) is 0 Å². The van der Waals surface area contributed by atoms with Gasteiger partial charge in [0.1, 0.15) is 11.5 Å². The first-order valence-corrected chi connectivity index (χ1v) is 9.11. The summed E-state index contributed by atoms with van der Waals surface area (Å²) in [5.74, 6) is 1.14. The molecule has 0 bridgehead atoms. The number of carbonyl (C=O) groups excluding carboxylic acids is 1. The van der Waals surface area contributed by atoms with Crippen LogP contribution in [0.15, 0.2) is 18.5 Å². The molecule has 1 unspecified atom stereocenters. The van der Waals surface area contributed by atoms with Gasteiger partial charge < -0.3 is 14.7 Å². The standard InChI is InChI=1S/C20H25N3O3/c1-12-13(2)18-16(14(3)17(12)24)6-7-20(4,26-18)19(25)22-10-15(11-22)23-9-5-8-21-23/h5,8-9,15,24H,6-7,10-11H2,1-4H3. The summed E-state index contributed by atoms with van der Waals surface area (Å²) >= 11 is 0. The number of likely N-dealkylation sites (tertiary alicyclic amines) is 1. The van der Waals surface area contributed by atoms with Gasteiger partial charge in [-0.1, -0.05) is 0 Å². The maximum absolute atomic E-state index is 13.1. The number of ether oxygens (including phenoxy) is 1. The Labute approximate surface area is 153 Å². The Morgan fingerprint density at radius 2 is 2.00 bits per heavy atom. The minimum absolute atomic E-state index is 0.0364. The highest BCUT2D eigenvalue weighted by Gasteiger charge is 2.46. The third-order valence-electron chi connectivity index (χ3n) is 6.02. The van der Waals surface area contributed by atoms with Gasteiger partial charge in [0.15, 0.2) is 5.60 Å². The molecule has 4 rings (SSSR count). The first-order valence-electron chi connectivity index (χ1n) is 9.11. The lowest BCUT2D eigenvalue weighted by atomic mass is 9.86. The lowest BCUT2D eigenvalue weighted by molar-refractivity contribution is -0.154. The highest BCUT2D eigenvalue weighted by molar-refractivity contribution is 5.86. The van der Waals surface area contributed by atoms with E-state index in [1.54, 1.807) is 6.20 Å². The molecule has 26 heavy (non-hydrogen) atoms. The normalized spacial score (nSPS) is 22.5. The van der Waals surface area contributed by atoms with Gasteiger partial charge in [0.2, 0.25) is 0 Å². The summed E-state index contributed by atoms with van der Waals surface area (Å²) in [5, 5.41) is 14.6. The van der Waals surface area contributed by atoms with Crippen LogP contribution in [0, 0.1) is 20.8 Å².